The van der Waals surface area contributed by atoms with Gasteiger partial charge in [0.2, 0.25) is 0 Å². The van der Waals surface area contributed by atoms with Crippen LogP contribution in [-0.2, 0) is 4.79 Å². The first-order valence-electron chi connectivity index (χ1n) is 14.0. The minimum absolute atomic E-state index is 0.00709. The van der Waals surface area contributed by atoms with Crippen molar-refractivity contribution in [3.05, 3.63) is 127 Å². The predicted molar refractivity (Wildman–Crippen MR) is 155 cm³/mol. The van der Waals surface area contributed by atoms with Gasteiger partial charge in [-0.1, -0.05) is 84.9 Å². The van der Waals surface area contributed by atoms with E-state index in [1.54, 1.807) is 6.20 Å². The summed E-state index contributed by atoms with van der Waals surface area (Å²) in [5.41, 5.74) is 3.89. The number of piperidine rings is 3. The zero-order valence-corrected chi connectivity index (χ0v) is 22.2. The van der Waals surface area contributed by atoms with Crippen molar-refractivity contribution in [2.45, 2.75) is 31.0 Å². The number of benzene rings is 3. The summed E-state index contributed by atoms with van der Waals surface area (Å²) in [4.78, 5) is 18.4. The van der Waals surface area contributed by atoms with Gasteiger partial charge in [-0.25, -0.2) is 0 Å². The van der Waals surface area contributed by atoms with Crippen molar-refractivity contribution in [1.82, 2.24) is 10.3 Å². The van der Waals surface area contributed by atoms with Crippen molar-refractivity contribution in [3.63, 3.8) is 0 Å². The van der Waals surface area contributed by atoms with Gasteiger partial charge in [-0.05, 0) is 34.7 Å². The monoisotopic (exact) mass is 518 g/mol. The molecule has 4 heterocycles. The maximum Gasteiger partial charge on any atom is 0.276 e. The highest BCUT2D eigenvalue weighted by molar-refractivity contribution is 5.82. The number of fused-ring (bicyclic) bond motifs is 4. The third kappa shape index (κ3) is 4.88. The van der Waals surface area contributed by atoms with Crippen molar-refractivity contribution in [3.8, 4) is 0 Å². The Morgan fingerprint density at radius 1 is 1.00 bits per heavy atom. The van der Waals surface area contributed by atoms with Crippen LogP contribution in [0.2, 0.25) is 0 Å². The van der Waals surface area contributed by atoms with E-state index in [1.807, 2.05) is 66.7 Å². The van der Waals surface area contributed by atoms with Gasteiger partial charge in [0.15, 0.2) is 6.54 Å². The Morgan fingerprint density at radius 2 is 1.67 bits per heavy atom. The fourth-order valence-corrected chi connectivity index (χ4v) is 7.11. The van der Waals surface area contributed by atoms with E-state index in [0.717, 1.165) is 53.5 Å². The summed E-state index contributed by atoms with van der Waals surface area (Å²) in [6.45, 7) is 6.17. The van der Waals surface area contributed by atoms with E-state index >= 15 is 0 Å². The van der Waals surface area contributed by atoms with Crippen LogP contribution in [0.1, 0.15) is 41.7 Å². The Labute approximate surface area is 230 Å². The van der Waals surface area contributed by atoms with E-state index in [2.05, 4.69) is 47.2 Å². The van der Waals surface area contributed by atoms with Gasteiger partial charge in [-0.2, -0.15) is 0 Å². The Kier molecular flexibility index (Phi) is 7.03. The van der Waals surface area contributed by atoms with Crippen LogP contribution >= 0.6 is 0 Å². The van der Waals surface area contributed by atoms with Crippen LogP contribution in [-0.4, -0.2) is 46.2 Å². The maximum atomic E-state index is 13.9. The van der Waals surface area contributed by atoms with Crippen molar-refractivity contribution in [2.24, 2.45) is 11.8 Å². The minimum Gasteiger partial charge on any atom is -0.382 e. The highest BCUT2D eigenvalue weighted by Gasteiger charge is 2.54. The molecule has 0 spiro atoms. The quantitative estimate of drug-likeness (QED) is 0.236. The van der Waals surface area contributed by atoms with Crippen molar-refractivity contribution in [1.29, 1.82) is 0 Å². The van der Waals surface area contributed by atoms with Crippen LogP contribution in [0.3, 0.4) is 0 Å². The fourth-order valence-electron chi connectivity index (χ4n) is 7.11. The van der Waals surface area contributed by atoms with E-state index in [1.165, 1.54) is 0 Å². The maximum absolute atomic E-state index is 13.9. The van der Waals surface area contributed by atoms with Crippen molar-refractivity contribution < 1.29 is 14.4 Å². The number of carbonyl (C=O) groups excluding carboxylic acids is 1. The van der Waals surface area contributed by atoms with Gasteiger partial charge < -0.3 is 14.9 Å². The normalized spacial score (nSPS) is 24.9. The molecule has 3 aliphatic rings. The minimum atomic E-state index is -0.682. The number of aliphatic hydroxyl groups excluding tert-OH is 1. The molecule has 198 valence electrons. The lowest BCUT2D eigenvalue weighted by molar-refractivity contribution is -0.966. The number of carbonyl (C=O) groups is 1. The number of hydrogen-bond acceptors (Lipinski definition) is 3. The second-order valence-electron chi connectivity index (χ2n) is 11.2. The summed E-state index contributed by atoms with van der Waals surface area (Å²) in [7, 11) is 0. The van der Waals surface area contributed by atoms with Crippen LogP contribution in [0.25, 0.3) is 10.9 Å². The summed E-state index contributed by atoms with van der Waals surface area (Å²) in [6.07, 6.45) is 5.09. The third-order valence-corrected chi connectivity index (χ3v) is 9.07. The summed E-state index contributed by atoms with van der Waals surface area (Å²) in [6, 6.07) is 29.9. The van der Waals surface area contributed by atoms with Gasteiger partial charge in [0.25, 0.3) is 5.91 Å². The molecule has 0 unspecified atom stereocenters. The predicted octanol–water partition coefficient (Wildman–Crippen LogP) is 5.59. The molecular formula is C34H36N3O2+. The lowest BCUT2D eigenvalue weighted by Gasteiger charge is -2.57. The van der Waals surface area contributed by atoms with E-state index in [4.69, 9.17) is 0 Å². The molecule has 3 aromatic carbocycles. The van der Waals surface area contributed by atoms with Crippen LogP contribution < -0.4 is 5.32 Å². The number of rotatable bonds is 8. The first-order chi connectivity index (χ1) is 19.1. The summed E-state index contributed by atoms with van der Waals surface area (Å²) in [5, 5.41) is 16.3. The molecule has 4 aromatic rings. The molecule has 5 nitrogen and oxygen atoms in total. The molecule has 5 heteroatoms. The largest absolute Gasteiger partial charge is 0.382 e. The molecule has 3 saturated heterocycles. The topological polar surface area (TPSA) is 62.2 Å². The summed E-state index contributed by atoms with van der Waals surface area (Å²) < 4.78 is 0.577. The smallest absolute Gasteiger partial charge is 0.276 e. The second kappa shape index (κ2) is 10.8. The van der Waals surface area contributed by atoms with Gasteiger partial charge in [0, 0.05) is 30.3 Å². The van der Waals surface area contributed by atoms with Crippen LogP contribution in [0, 0.1) is 11.8 Å². The first-order valence-corrected chi connectivity index (χ1v) is 14.0. The van der Waals surface area contributed by atoms with E-state index < -0.39 is 6.10 Å². The molecule has 0 radical (unpaired) electrons. The van der Waals surface area contributed by atoms with Crippen LogP contribution in [0.15, 0.2) is 110 Å². The molecule has 5 atom stereocenters. The highest BCUT2D eigenvalue weighted by Crippen LogP contribution is 2.47. The molecule has 1 amide bonds. The van der Waals surface area contributed by atoms with Gasteiger partial charge in [0.1, 0.15) is 12.1 Å². The number of amides is 1. The van der Waals surface area contributed by atoms with E-state index in [0.29, 0.717) is 22.9 Å². The average molecular weight is 519 g/mol. The van der Waals surface area contributed by atoms with Crippen molar-refractivity contribution >= 4 is 16.8 Å². The van der Waals surface area contributed by atoms with Crippen molar-refractivity contribution in [2.75, 3.05) is 19.6 Å². The van der Waals surface area contributed by atoms with Crippen LogP contribution in [0.4, 0.5) is 0 Å². The molecule has 3 fully saturated rings. The van der Waals surface area contributed by atoms with Gasteiger partial charge in [-0.3, -0.25) is 9.78 Å². The van der Waals surface area contributed by atoms with Gasteiger partial charge in [-0.15, -0.1) is 6.58 Å². The number of quaternary nitrogens is 1. The standard InChI is InChI=1S/C34H35N3O2/c1-2-24-22-37(23-32(38)36-33(25-11-5-3-6-12-25)26-13-7-4-8-14-26)20-18-27(24)21-31(37)34(39)29-17-19-35-30-16-10-9-15-28(29)30/h2-17,19,24,27,31,33-34,39H,1,18,20-23H2/p+1/t24-,27-,31+,34-,37-/m0/s1. The Hall–Kier alpha value is -3.80. The number of nitrogens with zero attached hydrogens (tertiary/aromatic N) is 2. The third-order valence-electron chi connectivity index (χ3n) is 9.07. The lowest BCUT2D eigenvalue weighted by atomic mass is 9.71. The second-order valence-corrected chi connectivity index (χ2v) is 11.2. The Balaban J connectivity index is 1.32. The number of aromatic nitrogens is 1. The molecule has 0 aliphatic carbocycles. The van der Waals surface area contributed by atoms with Crippen LogP contribution in [0.5, 0.6) is 0 Å². The zero-order valence-electron chi connectivity index (χ0n) is 22.2. The first kappa shape index (κ1) is 25.5. The molecule has 2 N–H and O–H groups in total. The molecule has 1 aromatic heterocycles. The Bertz CT molecular complexity index is 1410. The number of nitrogens with one attached hydrogen (secondary N) is 1. The fraction of sp³-hybridized carbons (Fsp3) is 0.294. The number of hydrogen-bond donors (Lipinski definition) is 2. The SMILES string of the molecule is C=C[C@H]1C[N@+]2(CC(=O)NC(c3ccccc3)c3ccccc3)CC[C@H]1C[C@@H]2[C@@H](O)c1ccnc2ccccc12. The molecule has 39 heavy (non-hydrogen) atoms. The molecule has 2 bridgehead atoms. The number of pyridine rings is 1. The molecule has 7 rings (SSSR count). The average Bonchev–Trinajstić information content (AvgIpc) is 3.00. The molecular weight excluding hydrogens is 482 g/mol. The number of aliphatic hydroxyl groups is 1. The van der Waals surface area contributed by atoms with Gasteiger partial charge in [0.05, 0.1) is 24.6 Å². The van der Waals surface area contributed by atoms with Gasteiger partial charge >= 0.3 is 0 Å². The zero-order chi connectivity index (χ0) is 26.8. The Morgan fingerprint density at radius 3 is 2.36 bits per heavy atom. The van der Waals surface area contributed by atoms with E-state index in [9.17, 15) is 9.90 Å². The highest BCUT2D eigenvalue weighted by atomic mass is 16.3. The van der Waals surface area contributed by atoms with E-state index in [-0.39, 0.29) is 18.0 Å². The molecule has 0 saturated carbocycles. The molecule has 3 aliphatic heterocycles. The summed E-state index contributed by atoms with van der Waals surface area (Å²) in [5.74, 6) is 0.843. The lowest BCUT2D eigenvalue weighted by Crippen LogP contribution is -2.70. The summed E-state index contributed by atoms with van der Waals surface area (Å²) >= 11 is 0. The number of para-hydroxylation sites is 1.